The molecule has 0 heterocycles. The lowest BCUT2D eigenvalue weighted by atomic mass is 9.74. The van der Waals surface area contributed by atoms with Gasteiger partial charge in [-0.3, -0.25) is 0 Å². The predicted octanol–water partition coefficient (Wildman–Crippen LogP) is 5.86. The van der Waals surface area contributed by atoms with E-state index in [9.17, 15) is 30.6 Å². The fourth-order valence-electron chi connectivity index (χ4n) is 7.33. The summed E-state index contributed by atoms with van der Waals surface area (Å²) in [5.41, 5.74) is 7.06. The second-order valence-electron chi connectivity index (χ2n) is 12.6. The van der Waals surface area contributed by atoms with Crippen LogP contribution in [0.25, 0.3) is 71.8 Å². The van der Waals surface area contributed by atoms with Crippen LogP contribution >= 0.6 is 0 Å². The molecule has 0 saturated carbocycles. The molecule has 8 rings (SSSR count). The van der Waals surface area contributed by atoms with Gasteiger partial charge in [-0.25, -0.2) is 0 Å². The number of aromatic hydroxyl groups is 6. The van der Waals surface area contributed by atoms with Crippen molar-refractivity contribution in [1.29, 1.82) is 0 Å². The number of fused-ring (bicyclic) bond motifs is 4. The van der Waals surface area contributed by atoms with Gasteiger partial charge >= 0.3 is 0 Å². The maximum Gasteiger partial charge on any atom is 0.204 e. The third-order valence-corrected chi connectivity index (χ3v) is 9.98. The summed E-state index contributed by atoms with van der Waals surface area (Å²) in [7, 11) is 3.41. The molecule has 8 heteroatoms. The van der Waals surface area contributed by atoms with E-state index >= 15 is 0 Å². The van der Waals surface area contributed by atoms with Crippen LogP contribution in [0.5, 0.6) is 34.5 Å². The highest BCUT2D eigenvalue weighted by molar-refractivity contribution is 6.53. The Morgan fingerprint density at radius 3 is 1.77 bits per heavy atom. The first kappa shape index (κ1) is 29.4. The summed E-state index contributed by atoms with van der Waals surface area (Å²) < 4.78 is 0. The molecule has 0 radical (unpaired) electrons. The standard InChI is InChI=1S/C40H30B2O6/c41-33-34(42)36(44)31-28(26-11-5-9-21-7-3-4-10-25(21)26)32-30(37(45)39(47)40(48)38(32)46)27(29(31)35(33)43)22-15-12-20(13-16-22)24-17-14-19-6-1-2-8-23(19)18-24/h2-5,7-18,43-48H,1,6,41-42H2. The average molecular weight is 628 g/mol. The number of allylic oxidation sites excluding steroid dienone is 1. The Bertz CT molecular complexity index is 2450. The van der Waals surface area contributed by atoms with E-state index in [2.05, 4.69) is 30.4 Å². The molecule has 48 heavy (non-hydrogen) atoms. The fraction of sp³-hybridized carbons (Fsp3) is 0.0500. The zero-order chi connectivity index (χ0) is 33.4. The molecule has 0 atom stereocenters. The van der Waals surface area contributed by atoms with Crippen molar-refractivity contribution in [2.45, 2.75) is 12.8 Å². The molecule has 0 fully saturated rings. The summed E-state index contributed by atoms with van der Waals surface area (Å²) in [6.45, 7) is 0. The molecule has 0 saturated heterocycles. The van der Waals surface area contributed by atoms with E-state index in [0.717, 1.165) is 34.7 Å². The second-order valence-corrected chi connectivity index (χ2v) is 12.6. The Kier molecular flexibility index (Phi) is 6.60. The van der Waals surface area contributed by atoms with Crippen LogP contribution in [-0.2, 0) is 6.42 Å². The van der Waals surface area contributed by atoms with E-state index in [-0.39, 0.29) is 38.6 Å². The van der Waals surface area contributed by atoms with Crippen LogP contribution in [0, 0.1) is 0 Å². The zero-order valence-corrected chi connectivity index (χ0v) is 26.3. The van der Waals surface area contributed by atoms with E-state index in [0.29, 0.717) is 27.6 Å². The molecular formula is C40H30B2O6. The summed E-state index contributed by atoms with van der Waals surface area (Å²) in [4.78, 5) is 0. The Balaban J connectivity index is 1.53. The maximum atomic E-state index is 11.9. The Hall–Kier alpha value is -6.01. The molecule has 7 aromatic carbocycles. The van der Waals surface area contributed by atoms with Crippen LogP contribution in [0.2, 0.25) is 0 Å². The van der Waals surface area contributed by atoms with Gasteiger partial charge in [-0.05, 0) is 74.0 Å². The van der Waals surface area contributed by atoms with E-state index in [1.807, 2.05) is 66.7 Å². The first-order chi connectivity index (χ1) is 23.2. The van der Waals surface area contributed by atoms with Crippen LogP contribution in [-0.4, -0.2) is 46.3 Å². The minimum absolute atomic E-state index is 0.0165. The molecule has 1 aliphatic carbocycles. The summed E-state index contributed by atoms with van der Waals surface area (Å²) in [6, 6.07) is 27.2. The number of rotatable bonds is 3. The Labute approximate surface area is 277 Å². The molecule has 6 nitrogen and oxygen atoms in total. The number of hydrogen-bond acceptors (Lipinski definition) is 6. The summed E-state index contributed by atoms with van der Waals surface area (Å²) in [5, 5.41) is 71.0. The summed E-state index contributed by atoms with van der Waals surface area (Å²) in [5.74, 6) is -3.34. The monoisotopic (exact) mass is 628 g/mol. The zero-order valence-electron chi connectivity index (χ0n) is 26.3. The van der Waals surface area contributed by atoms with Crippen molar-refractivity contribution in [3.05, 3.63) is 102 Å². The largest absolute Gasteiger partial charge is 0.508 e. The molecule has 6 N–H and O–H groups in total. The quantitative estimate of drug-likeness (QED) is 0.0632. The maximum absolute atomic E-state index is 11.9. The molecule has 1 aliphatic rings. The van der Waals surface area contributed by atoms with Gasteiger partial charge in [0.15, 0.2) is 11.5 Å². The van der Waals surface area contributed by atoms with Crippen molar-refractivity contribution in [3.8, 4) is 67.9 Å². The van der Waals surface area contributed by atoms with Gasteiger partial charge in [0.25, 0.3) is 0 Å². The van der Waals surface area contributed by atoms with Crippen molar-refractivity contribution in [2.75, 3.05) is 0 Å². The molecule has 232 valence electrons. The van der Waals surface area contributed by atoms with E-state index < -0.39 is 23.0 Å². The van der Waals surface area contributed by atoms with Gasteiger partial charge in [-0.2, -0.15) is 0 Å². The van der Waals surface area contributed by atoms with Gasteiger partial charge < -0.3 is 30.6 Å². The SMILES string of the molecule is Bc1c(B)c(O)c2c(-c3cccc4ccccc34)c3c(O)c(O)c(O)c(O)c3c(-c3ccc(-c4ccc5c(c4)C=CCC5)cc3)c2c1O. The number of benzene rings is 7. The van der Waals surface area contributed by atoms with Gasteiger partial charge in [-0.1, -0.05) is 91.0 Å². The highest BCUT2D eigenvalue weighted by Crippen LogP contribution is 2.58. The van der Waals surface area contributed by atoms with Crippen LogP contribution in [0.4, 0.5) is 0 Å². The van der Waals surface area contributed by atoms with Crippen molar-refractivity contribution >= 4 is 65.0 Å². The van der Waals surface area contributed by atoms with E-state index in [1.165, 1.54) is 11.1 Å². The molecule has 7 aromatic rings. The van der Waals surface area contributed by atoms with Crippen molar-refractivity contribution in [1.82, 2.24) is 0 Å². The lowest BCUT2D eigenvalue weighted by Crippen LogP contribution is -2.26. The first-order valence-corrected chi connectivity index (χ1v) is 15.9. The van der Waals surface area contributed by atoms with Gasteiger partial charge in [0, 0.05) is 32.7 Å². The third kappa shape index (κ3) is 4.15. The fourth-order valence-corrected chi connectivity index (χ4v) is 7.33. The molecule has 0 bridgehead atoms. The second kappa shape index (κ2) is 10.8. The summed E-state index contributed by atoms with van der Waals surface area (Å²) in [6.07, 6.45) is 6.35. The minimum Gasteiger partial charge on any atom is -0.508 e. The first-order valence-electron chi connectivity index (χ1n) is 15.9. The van der Waals surface area contributed by atoms with Gasteiger partial charge in [0.2, 0.25) is 11.5 Å². The van der Waals surface area contributed by atoms with Crippen molar-refractivity contribution < 1.29 is 30.6 Å². The minimum atomic E-state index is -0.893. The highest BCUT2D eigenvalue weighted by atomic mass is 16.3. The Morgan fingerprint density at radius 1 is 0.500 bits per heavy atom. The topological polar surface area (TPSA) is 121 Å². The number of hydrogen-bond donors (Lipinski definition) is 6. The molecular weight excluding hydrogens is 598 g/mol. The predicted molar refractivity (Wildman–Crippen MR) is 199 cm³/mol. The van der Waals surface area contributed by atoms with Crippen molar-refractivity contribution in [3.63, 3.8) is 0 Å². The van der Waals surface area contributed by atoms with Gasteiger partial charge in [0.05, 0.1) is 0 Å². The number of phenols is 6. The molecule has 0 unspecified atom stereocenters. The number of phenolic OH excluding ortho intramolecular Hbond substituents is 6. The normalized spacial score (nSPS) is 12.6. The van der Waals surface area contributed by atoms with Crippen LogP contribution in [0.3, 0.4) is 0 Å². The van der Waals surface area contributed by atoms with Crippen molar-refractivity contribution in [2.24, 2.45) is 0 Å². The molecule has 0 aromatic heterocycles. The van der Waals surface area contributed by atoms with E-state index in [1.54, 1.807) is 15.7 Å². The molecule has 0 amide bonds. The Morgan fingerprint density at radius 2 is 1.06 bits per heavy atom. The van der Waals surface area contributed by atoms with Crippen LogP contribution in [0.15, 0.2) is 91.0 Å². The highest BCUT2D eigenvalue weighted by Gasteiger charge is 2.31. The smallest absolute Gasteiger partial charge is 0.204 e. The summed E-state index contributed by atoms with van der Waals surface area (Å²) >= 11 is 0. The van der Waals surface area contributed by atoms with E-state index in [4.69, 9.17) is 0 Å². The van der Waals surface area contributed by atoms with Gasteiger partial charge in [-0.15, -0.1) is 0 Å². The number of aryl methyl sites for hydroxylation is 1. The average Bonchev–Trinajstić information content (AvgIpc) is 3.13. The lowest BCUT2D eigenvalue weighted by molar-refractivity contribution is 0.351. The van der Waals surface area contributed by atoms with Gasteiger partial charge in [0.1, 0.15) is 27.2 Å². The molecule has 0 aliphatic heterocycles. The van der Waals surface area contributed by atoms with Crippen LogP contribution < -0.4 is 10.9 Å². The van der Waals surface area contributed by atoms with Crippen LogP contribution in [0.1, 0.15) is 17.5 Å². The lowest BCUT2D eigenvalue weighted by Gasteiger charge is -2.24. The molecule has 0 spiro atoms. The third-order valence-electron chi connectivity index (χ3n) is 9.98.